The average Bonchev–Trinajstić information content (AvgIpc) is 2.93. The third kappa shape index (κ3) is 3.54. The maximum atomic E-state index is 13.2. The highest BCUT2D eigenvalue weighted by atomic mass is 35.5. The van der Waals surface area contributed by atoms with E-state index >= 15 is 0 Å². The van der Waals surface area contributed by atoms with E-state index in [2.05, 4.69) is 0 Å². The van der Waals surface area contributed by atoms with Crippen LogP contribution in [-0.2, 0) is 9.59 Å². The van der Waals surface area contributed by atoms with Crippen LogP contribution in [0.1, 0.15) is 5.56 Å². The molecule has 1 aliphatic heterocycles. The maximum Gasteiger partial charge on any atom is 0.282 e. The van der Waals surface area contributed by atoms with Crippen molar-refractivity contribution in [1.82, 2.24) is 4.90 Å². The Bertz CT molecular complexity index is 891. The summed E-state index contributed by atoms with van der Waals surface area (Å²) >= 11 is 5.95. The van der Waals surface area contributed by atoms with Gasteiger partial charge in [-0.15, -0.1) is 0 Å². The molecule has 0 aliphatic carbocycles. The number of nitrogens with zero attached hydrogens (tertiary/aromatic N) is 2. The number of rotatable bonds is 6. The van der Waals surface area contributed by atoms with Crippen molar-refractivity contribution >= 4 is 34.7 Å². The number of hydrogen-bond donors (Lipinski definition) is 1. The zero-order valence-corrected chi connectivity index (χ0v) is 15.7. The Morgan fingerprint density at radius 1 is 1.04 bits per heavy atom. The van der Waals surface area contributed by atoms with Crippen molar-refractivity contribution in [2.24, 2.45) is 0 Å². The number of amides is 2. The fourth-order valence-corrected chi connectivity index (χ4v) is 3.10. The monoisotopic (exact) mass is 386 g/mol. The summed E-state index contributed by atoms with van der Waals surface area (Å²) in [5.74, 6) is -0.236. The first-order chi connectivity index (χ1) is 13.0. The first kappa shape index (κ1) is 18.9. The molecule has 1 aliphatic rings. The standard InChI is InChI=1S/C20H19ClN2O4/c1-22(11-12-24)18-17(13-3-5-14(21)6-4-13)19(25)23(20(18)26)15-7-9-16(27-2)10-8-15/h3-10,24H,11-12H2,1-2H3. The molecule has 0 bridgehead atoms. The number of methoxy groups -OCH3 is 1. The van der Waals surface area contributed by atoms with Crippen LogP contribution >= 0.6 is 11.6 Å². The van der Waals surface area contributed by atoms with Gasteiger partial charge < -0.3 is 14.7 Å². The molecular weight excluding hydrogens is 368 g/mol. The molecule has 1 heterocycles. The van der Waals surface area contributed by atoms with Crippen LogP contribution in [-0.4, -0.2) is 49.1 Å². The van der Waals surface area contributed by atoms with Gasteiger partial charge in [-0.1, -0.05) is 23.7 Å². The summed E-state index contributed by atoms with van der Waals surface area (Å²) in [4.78, 5) is 29.0. The lowest BCUT2D eigenvalue weighted by atomic mass is 10.0. The summed E-state index contributed by atoms with van der Waals surface area (Å²) in [6.07, 6.45) is 0. The molecule has 0 saturated heterocycles. The van der Waals surface area contributed by atoms with Gasteiger partial charge in [0.2, 0.25) is 0 Å². The second-order valence-corrected chi connectivity index (χ2v) is 6.46. The Kier molecular flexibility index (Phi) is 5.48. The average molecular weight is 387 g/mol. The van der Waals surface area contributed by atoms with Crippen molar-refractivity contribution in [1.29, 1.82) is 0 Å². The number of aliphatic hydroxyl groups is 1. The minimum Gasteiger partial charge on any atom is -0.497 e. The molecule has 0 fully saturated rings. The Morgan fingerprint density at radius 3 is 2.22 bits per heavy atom. The van der Waals surface area contributed by atoms with Gasteiger partial charge in [0.25, 0.3) is 11.8 Å². The molecule has 0 saturated carbocycles. The molecule has 140 valence electrons. The largest absolute Gasteiger partial charge is 0.497 e. The second-order valence-electron chi connectivity index (χ2n) is 6.02. The number of imide groups is 1. The highest BCUT2D eigenvalue weighted by Crippen LogP contribution is 2.35. The fraction of sp³-hybridized carbons (Fsp3) is 0.200. The van der Waals surface area contributed by atoms with Crippen molar-refractivity contribution in [3.8, 4) is 5.75 Å². The van der Waals surface area contributed by atoms with Gasteiger partial charge in [0, 0.05) is 18.6 Å². The molecule has 0 spiro atoms. The lowest BCUT2D eigenvalue weighted by Crippen LogP contribution is -2.34. The number of aliphatic hydroxyl groups excluding tert-OH is 1. The number of likely N-dealkylation sites (N-methyl/N-ethyl adjacent to an activating group) is 1. The van der Waals surface area contributed by atoms with Crippen LogP contribution in [0.2, 0.25) is 5.02 Å². The Labute approximate surface area is 162 Å². The molecule has 0 radical (unpaired) electrons. The number of benzene rings is 2. The zero-order valence-electron chi connectivity index (χ0n) is 15.0. The topological polar surface area (TPSA) is 70.1 Å². The summed E-state index contributed by atoms with van der Waals surface area (Å²) in [7, 11) is 3.22. The minimum absolute atomic E-state index is 0.141. The molecule has 1 N–H and O–H groups in total. The molecule has 3 rings (SSSR count). The molecule has 7 heteroatoms. The van der Waals surface area contributed by atoms with Crippen LogP contribution in [0.5, 0.6) is 5.75 Å². The van der Waals surface area contributed by atoms with Gasteiger partial charge in [-0.3, -0.25) is 9.59 Å². The molecule has 2 amide bonds. The van der Waals surface area contributed by atoms with E-state index in [9.17, 15) is 14.7 Å². The highest BCUT2D eigenvalue weighted by Gasteiger charge is 2.41. The summed E-state index contributed by atoms with van der Waals surface area (Å²) in [6.45, 7) is 0.0831. The quantitative estimate of drug-likeness (QED) is 0.773. The van der Waals surface area contributed by atoms with Crippen molar-refractivity contribution < 1.29 is 19.4 Å². The third-order valence-electron chi connectivity index (χ3n) is 4.34. The molecule has 0 atom stereocenters. The molecule has 2 aromatic rings. The van der Waals surface area contributed by atoms with E-state index in [1.807, 2.05) is 0 Å². The molecule has 6 nitrogen and oxygen atoms in total. The first-order valence-corrected chi connectivity index (χ1v) is 8.70. The highest BCUT2D eigenvalue weighted by molar-refractivity contribution is 6.45. The summed E-state index contributed by atoms with van der Waals surface area (Å²) in [5.41, 5.74) is 1.56. The summed E-state index contributed by atoms with van der Waals surface area (Å²) < 4.78 is 5.13. The van der Waals surface area contributed by atoms with E-state index in [-0.39, 0.29) is 24.4 Å². The molecular formula is C20H19ClN2O4. The SMILES string of the molecule is COc1ccc(N2C(=O)C(c3ccc(Cl)cc3)=C(N(C)CCO)C2=O)cc1. The van der Waals surface area contributed by atoms with Crippen molar-refractivity contribution in [3.63, 3.8) is 0 Å². The van der Waals surface area contributed by atoms with Crippen molar-refractivity contribution in [2.45, 2.75) is 0 Å². The second kappa shape index (κ2) is 7.82. The molecule has 0 unspecified atom stereocenters. The summed E-state index contributed by atoms with van der Waals surface area (Å²) in [6, 6.07) is 13.4. The van der Waals surface area contributed by atoms with E-state index in [1.165, 1.54) is 0 Å². The number of ether oxygens (including phenoxy) is 1. The van der Waals surface area contributed by atoms with Crippen LogP contribution < -0.4 is 9.64 Å². The predicted octanol–water partition coefficient (Wildman–Crippen LogP) is 2.56. The Hall–Kier alpha value is -2.83. The lowest BCUT2D eigenvalue weighted by molar-refractivity contribution is -0.120. The van der Waals surface area contributed by atoms with E-state index in [0.717, 1.165) is 4.90 Å². The van der Waals surface area contributed by atoms with Gasteiger partial charge in [0.1, 0.15) is 11.4 Å². The molecule has 2 aromatic carbocycles. The minimum atomic E-state index is -0.439. The molecule has 27 heavy (non-hydrogen) atoms. The van der Waals surface area contributed by atoms with E-state index < -0.39 is 11.8 Å². The van der Waals surface area contributed by atoms with Crippen LogP contribution in [0.25, 0.3) is 5.57 Å². The third-order valence-corrected chi connectivity index (χ3v) is 4.59. The fourth-order valence-electron chi connectivity index (χ4n) is 2.98. The van der Waals surface area contributed by atoms with Gasteiger partial charge >= 0.3 is 0 Å². The molecule has 0 aromatic heterocycles. The number of carbonyl (C=O) groups is 2. The van der Waals surface area contributed by atoms with Gasteiger partial charge in [0.05, 0.1) is 25.0 Å². The van der Waals surface area contributed by atoms with E-state index in [4.69, 9.17) is 16.3 Å². The zero-order chi connectivity index (χ0) is 19.6. The predicted molar refractivity (Wildman–Crippen MR) is 104 cm³/mol. The summed E-state index contributed by atoms with van der Waals surface area (Å²) in [5, 5.41) is 9.81. The first-order valence-electron chi connectivity index (χ1n) is 8.33. The normalized spacial score (nSPS) is 14.1. The van der Waals surface area contributed by atoms with Gasteiger partial charge in [-0.05, 0) is 42.0 Å². The number of carbonyl (C=O) groups excluding carboxylic acids is 2. The van der Waals surface area contributed by atoms with Gasteiger partial charge in [-0.2, -0.15) is 0 Å². The van der Waals surface area contributed by atoms with Crippen LogP contribution in [0.4, 0.5) is 5.69 Å². The van der Waals surface area contributed by atoms with E-state index in [0.29, 0.717) is 22.0 Å². The van der Waals surface area contributed by atoms with Crippen LogP contribution in [0.15, 0.2) is 54.2 Å². The smallest absolute Gasteiger partial charge is 0.282 e. The van der Waals surface area contributed by atoms with Crippen molar-refractivity contribution in [3.05, 3.63) is 64.8 Å². The number of anilines is 1. The Morgan fingerprint density at radius 2 is 1.67 bits per heavy atom. The Balaban J connectivity index is 2.08. The maximum absolute atomic E-state index is 13.2. The van der Waals surface area contributed by atoms with Gasteiger partial charge in [-0.25, -0.2) is 4.90 Å². The number of halogens is 1. The van der Waals surface area contributed by atoms with Gasteiger partial charge in [0.15, 0.2) is 0 Å². The van der Waals surface area contributed by atoms with E-state index in [1.54, 1.807) is 67.6 Å². The number of hydrogen-bond acceptors (Lipinski definition) is 5. The van der Waals surface area contributed by atoms with Crippen LogP contribution in [0, 0.1) is 0 Å². The lowest BCUT2D eigenvalue weighted by Gasteiger charge is -2.20. The van der Waals surface area contributed by atoms with Crippen molar-refractivity contribution in [2.75, 3.05) is 32.2 Å². The van der Waals surface area contributed by atoms with Crippen LogP contribution in [0.3, 0.4) is 0 Å².